The van der Waals surface area contributed by atoms with Gasteiger partial charge in [0.05, 0.1) is 4.58 Å². The maximum Gasteiger partial charge on any atom is 0.340 e. The number of nitrogens with zero attached hydrogens (tertiary/aromatic N) is 3. The Balaban J connectivity index is 1.22. The monoisotopic (exact) mass is 429 g/mol. The predicted octanol–water partition coefficient (Wildman–Crippen LogP) is 3.52. The van der Waals surface area contributed by atoms with Gasteiger partial charge in [-0.1, -0.05) is 17.3 Å². The Labute approximate surface area is 176 Å². The largest absolute Gasteiger partial charge is 0.484 e. The number of carbonyl (C=O) groups excluding carboxylic acids is 1. The molecule has 0 atom stereocenters. The van der Waals surface area contributed by atoms with Crippen LogP contribution in [-0.2, 0) is 4.79 Å². The van der Waals surface area contributed by atoms with Crippen LogP contribution < -0.4 is 15.6 Å². The molecule has 10 heteroatoms. The number of aromatic nitrogens is 3. The molecule has 1 saturated heterocycles. The number of rotatable bonds is 7. The van der Waals surface area contributed by atoms with Crippen molar-refractivity contribution in [3.8, 4) is 17.1 Å². The van der Waals surface area contributed by atoms with Crippen LogP contribution in [0.3, 0.4) is 0 Å². The van der Waals surface area contributed by atoms with E-state index in [-0.39, 0.29) is 18.5 Å². The third kappa shape index (κ3) is 5.42. The smallest absolute Gasteiger partial charge is 0.340 e. The maximum atomic E-state index is 12.0. The van der Waals surface area contributed by atoms with E-state index in [4.69, 9.17) is 9.26 Å². The zero-order valence-electron chi connectivity index (χ0n) is 15.4. The molecule has 1 aliphatic heterocycles. The highest BCUT2D eigenvalue weighted by Gasteiger charge is 2.16. The summed E-state index contributed by atoms with van der Waals surface area (Å²) in [6.45, 7) is -0.134. The fourth-order valence-corrected chi connectivity index (χ4v) is 5.50. The van der Waals surface area contributed by atoms with Crippen molar-refractivity contribution in [3.05, 3.63) is 54.4 Å². The number of thioether (sulfide) groups is 2. The van der Waals surface area contributed by atoms with Gasteiger partial charge in [0.1, 0.15) is 5.75 Å². The number of carbonyl (C=O) groups is 1. The van der Waals surface area contributed by atoms with Crippen LogP contribution in [0.2, 0.25) is 0 Å². The summed E-state index contributed by atoms with van der Waals surface area (Å²) < 4.78 is 11.1. The molecule has 0 radical (unpaired) electrons. The highest BCUT2D eigenvalue weighted by Crippen LogP contribution is 2.43. The van der Waals surface area contributed by atoms with E-state index < -0.39 is 0 Å². The van der Waals surface area contributed by atoms with E-state index in [9.17, 15) is 4.79 Å². The lowest BCUT2D eigenvalue weighted by molar-refractivity contribution is -0.122. The van der Waals surface area contributed by atoms with Gasteiger partial charge in [0.25, 0.3) is 5.91 Å². The van der Waals surface area contributed by atoms with Gasteiger partial charge < -0.3 is 9.26 Å². The fourth-order valence-electron chi connectivity index (χ4n) is 2.60. The Kier molecular flexibility index (Phi) is 6.52. The van der Waals surface area contributed by atoms with E-state index in [0.717, 1.165) is 5.56 Å². The minimum absolute atomic E-state index is 0.0806. The van der Waals surface area contributed by atoms with Gasteiger partial charge in [-0.25, -0.2) is 5.43 Å². The zero-order valence-corrected chi connectivity index (χ0v) is 17.0. The van der Waals surface area contributed by atoms with Gasteiger partial charge in [-0.3, -0.25) is 15.2 Å². The number of amides is 1. The summed E-state index contributed by atoms with van der Waals surface area (Å²) >= 11 is 3.94. The van der Waals surface area contributed by atoms with Gasteiger partial charge in [0, 0.05) is 18.0 Å². The molecule has 4 rings (SSSR count). The van der Waals surface area contributed by atoms with E-state index in [1.54, 1.807) is 24.5 Å². The van der Waals surface area contributed by atoms with Crippen LogP contribution in [0.1, 0.15) is 16.6 Å². The number of ether oxygens (including phenoxy) is 1. The maximum absolute atomic E-state index is 12.0. The number of hydrogen-bond acceptors (Lipinski definition) is 9. The molecular weight excluding hydrogens is 410 g/mol. The third-order valence-corrected chi connectivity index (χ3v) is 7.04. The molecule has 3 heterocycles. The average Bonchev–Trinajstić information content (AvgIpc) is 3.27. The van der Waals surface area contributed by atoms with Crippen molar-refractivity contribution in [2.75, 3.05) is 23.5 Å². The summed E-state index contributed by atoms with van der Waals surface area (Å²) in [5.41, 5.74) is 7.09. The molecule has 0 spiro atoms. The minimum atomic E-state index is -0.365. The van der Waals surface area contributed by atoms with Gasteiger partial charge in [-0.2, -0.15) is 4.98 Å². The molecule has 8 nitrogen and oxygen atoms in total. The van der Waals surface area contributed by atoms with Crippen LogP contribution in [0, 0.1) is 0 Å². The topological polar surface area (TPSA) is 102 Å². The SMILES string of the molecule is O=C(COc1ccc(C2SCCCS2)cc1)NNc1nc(-c2ccncc2)no1. The predicted molar refractivity (Wildman–Crippen MR) is 114 cm³/mol. The Hall–Kier alpha value is -2.72. The van der Waals surface area contributed by atoms with Crippen molar-refractivity contribution in [2.24, 2.45) is 0 Å². The summed E-state index contributed by atoms with van der Waals surface area (Å²) in [5, 5.41) is 3.84. The highest BCUT2D eigenvalue weighted by atomic mass is 32.2. The molecule has 0 bridgehead atoms. The van der Waals surface area contributed by atoms with E-state index in [2.05, 4.69) is 38.1 Å². The third-order valence-electron chi connectivity index (χ3n) is 4.02. The standard InChI is InChI=1S/C19H19N5O3S2/c25-16(22-23-19-21-17(24-27-19)13-6-8-20-9-7-13)12-26-15-4-2-14(3-5-15)18-28-10-1-11-29-18/h2-9,18H,1,10-12H2,(H,22,25)(H,21,23,24). The number of pyridine rings is 1. The Morgan fingerprint density at radius 3 is 2.66 bits per heavy atom. The number of benzene rings is 1. The molecule has 2 N–H and O–H groups in total. The van der Waals surface area contributed by atoms with Crippen LogP contribution >= 0.6 is 23.5 Å². The van der Waals surface area contributed by atoms with Gasteiger partial charge >= 0.3 is 6.01 Å². The second-order valence-electron chi connectivity index (χ2n) is 6.12. The van der Waals surface area contributed by atoms with Crippen LogP contribution in [-0.4, -0.2) is 39.1 Å². The molecule has 0 saturated carbocycles. The molecule has 1 fully saturated rings. The van der Waals surface area contributed by atoms with Crippen molar-refractivity contribution >= 4 is 35.4 Å². The van der Waals surface area contributed by atoms with Crippen LogP contribution in [0.4, 0.5) is 6.01 Å². The molecule has 150 valence electrons. The van der Waals surface area contributed by atoms with Gasteiger partial charge in [0.2, 0.25) is 5.82 Å². The average molecular weight is 430 g/mol. The van der Waals surface area contributed by atoms with Crippen molar-refractivity contribution in [1.29, 1.82) is 0 Å². The quantitative estimate of drug-likeness (QED) is 0.546. The summed E-state index contributed by atoms with van der Waals surface area (Å²) in [6.07, 6.45) is 4.54. The number of nitrogens with one attached hydrogen (secondary N) is 2. The Morgan fingerprint density at radius 1 is 1.14 bits per heavy atom. The van der Waals surface area contributed by atoms with E-state index in [1.165, 1.54) is 23.5 Å². The number of anilines is 1. The summed E-state index contributed by atoms with van der Waals surface area (Å²) in [6, 6.07) is 11.5. The molecule has 1 aliphatic rings. The molecule has 1 amide bonds. The first kappa shape index (κ1) is 19.6. The lowest BCUT2D eigenvalue weighted by Crippen LogP contribution is -2.33. The normalized spacial score (nSPS) is 14.3. The van der Waals surface area contributed by atoms with Crippen LogP contribution in [0.15, 0.2) is 53.3 Å². The Morgan fingerprint density at radius 2 is 1.90 bits per heavy atom. The number of hydrogen-bond donors (Lipinski definition) is 2. The van der Waals surface area contributed by atoms with Crippen molar-refractivity contribution < 1.29 is 14.1 Å². The van der Waals surface area contributed by atoms with Gasteiger partial charge in [-0.15, -0.1) is 23.5 Å². The molecule has 29 heavy (non-hydrogen) atoms. The number of hydrazine groups is 1. The van der Waals surface area contributed by atoms with E-state index in [1.807, 2.05) is 35.7 Å². The second-order valence-corrected chi connectivity index (χ2v) is 8.84. The van der Waals surface area contributed by atoms with Gasteiger partial charge in [-0.05, 0) is 47.8 Å². The molecule has 3 aromatic rings. The van der Waals surface area contributed by atoms with E-state index in [0.29, 0.717) is 16.2 Å². The summed E-state index contributed by atoms with van der Waals surface area (Å²) in [7, 11) is 0. The molecule has 0 aliphatic carbocycles. The zero-order chi connectivity index (χ0) is 19.9. The van der Waals surface area contributed by atoms with E-state index >= 15 is 0 Å². The lowest BCUT2D eigenvalue weighted by atomic mass is 10.2. The minimum Gasteiger partial charge on any atom is -0.484 e. The second kappa shape index (κ2) is 9.66. The molecule has 2 aromatic heterocycles. The fraction of sp³-hybridized carbons (Fsp3) is 0.263. The Bertz CT molecular complexity index is 931. The van der Waals surface area contributed by atoms with Crippen molar-refractivity contribution in [1.82, 2.24) is 20.6 Å². The van der Waals surface area contributed by atoms with Crippen molar-refractivity contribution in [3.63, 3.8) is 0 Å². The van der Waals surface area contributed by atoms with Crippen molar-refractivity contribution in [2.45, 2.75) is 11.0 Å². The van der Waals surface area contributed by atoms with Gasteiger partial charge in [0.15, 0.2) is 6.61 Å². The molecule has 1 aromatic carbocycles. The first-order valence-corrected chi connectivity index (χ1v) is 11.1. The van der Waals surface area contributed by atoms with Crippen LogP contribution in [0.5, 0.6) is 5.75 Å². The first-order valence-electron chi connectivity index (χ1n) is 9.03. The first-order chi connectivity index (χ1) is 14.3. The summed E-state index contributed by atoms with van der Waals surface area (Å²) in [5.74, 6) is 3.08. The highest BCUT2D eigenvalue weighted by molar-refractivity contribution is 8.16. The lowest BCUT2D eigenvalue weighted by Gasteiger charge is -2.21. The molecular formula is C19H19N5O3S2. The molecule has 0 unspecified atom stereocenters. The summed E-state index contributed by atoms with van der Waals surface area (Å²) in [4.78, 5) is 20.1. The van der Waals surface area contributed by atoms with Crippen LogP contribution in [0.25, 0.3) is 11.4 Å².